The van der Waals surface area contributed by atoms with Gasteiger partial charge in [0.05, 0.1) is 10.6 Å². The maximum Gasteiger partial charge on any atom is 0.269 e. The average Bonchev–Trinajstić information content (AvgIpc) is 2.90. The summed E-state index contributed by atoms with van der Waals surface area (Å²) in [7, 11) is 0. The molecular formula is C15H10BrN3O2S. The van der Waals surface area contributed by atoms with Crippen molar-refractivity contribution in [1.82, 2.24) is 9.55 Å². The first-order chi connectivity index (χ1) is 10.5. The maximum absolute atomic E-state index is 10.7. The normalized spacial score (nSPS) is 10.6. The number of hydrogen-bond donors (Lipinski definition) is 1. The molecule has 22 heavy (non-hydrogen) atoms. The molecule has 1 N–H and O–H groups in total. The number of nitro groups is 1. The predicted octanol–water partition coefficient (Wildman–Crippen LogP) is 4.87. The number of benzene rings is 2. The van der Waals surface area contributed by atoms with Crippen molar-refractivity contribution >= 4 is 33.8 Å². The van der Waals surface area contributed by atoms with Crippen molar-refractivity contribution in [2.75, 3.05) is 0 Å². The second-order valence-corrected chi connectivity index (χ2v) is 5.93. The first-order valence-electron chi connectivity index (χ1n) is 6.37. The van der Waals surface area contributed by atoms with Gasteiger partial charge in [-0.05, 0) is 42.0 Å². The molecule has 0 spiro atoms. The summed E-state index contributed by atoms with van der Waals surface area (Å²) in [5, 5.41) is 10.7. The van der Waals surface area contributed by atoms with E-state index in [0.29, 0.717) is 4.77 Å². The Balaban J connectivity index is 2.00. The summed E-state index contributed by atoms with van der Waals surface area (Å²) in [5.41, 5.74) is 2.72. The Morgan fingerprint density at radius 2 is 1.73 bits per heavy atom. The molecule has 0 saturated carbocycles. The van der Waals surface area contributed by atoms with Gasteiger partial charge in [0.25, 0.3) is 5.69 Å². The number of aromatic nitrogens is 2. The third-order valence-electron chi connectivity index (χ3n) is 3.21. The van der Waals surface area contributed by atoms with Crippen molar-refractivity contribution in [3.63, 3.8) is 0 Å². The highest BCUT2D eigenvalue weighted by atomic mass is 79.9. The Morgan fingerprint density at radius 1 is 1.09 bits per heavy atom. The molecule has 110 valence electrons. The topological polar surface area (TPSA) is 63.9 Å². The van der Waals surface area contributed by atoms with E-state index in [1.165, 1.54) is 12.1 Å². The number of nitrogens with one attached hydrogen (secondary N) is 1. The zero-order valence-electron chi connectivity index (χ0n) is 11.2. The smallest absolute Gasteiger partial charge is 0.269 e. The Hall–Kier alpha value is -2.25. The van der Waals surface area contributed by atoms with Crippen LogP contribution in [0.2, 0.25) is 0 Å². The number of hydrogen-bond acceptors (Lipinski definition) is 3. The third-order valence-corrected chi connectivity index (χ3v) is 4.04. The Morgan fingerprint density at radius 3 is 2.32 bits per heavy atom. The SMILES string of the molecule is O=[N+]([O-])c1ccc(-n2cc(-c3ccc(Br)cc3)[nH]c2=S)cc1. The molecule has 5 nitrogen and oxygen atoms in total. The quantitative estimate of drug-likeness (QED) is 0.403. The summed E-state index contributed by atoms with van der Waals surface area (Å²) in [5.74, 6) is 0. The zero-order valence-corrected chi connectivity index (χ0v) is 13.6. The molecule has 0 fully saturated rings. The van der Waals surface area contributed by atoms with Gasteiger partial charge in [0.2, 0.25) is 0 Å². The largest absolute Gasteiger partial charge is 0.330 e. The van der Waals surface area contributed by atoms with Gasteiger partial charge in [-0.25, -0.2) is 0 Å². The van der Waals surface area contributed by atoms with E-state index in [2.05, 4.69) is 20.9 Å². The minimum absolute atomic E-state index is 0.0546. The molecule has 0 radical (unpaired) electrons. The lowest BCUT2D eigenvalue weighted by Gasteiger charge is -2.01. The monoisotopic (exact) mass is 375 g/mol. The van der Waals surface area contributed by atoms with Crippen LogP contribution < -0.4 is 0 Å². The highest BCUT2D eigenvalue weighted by molar-refractivity contribution is 9.10. The van der Waals surface area contributed by atoms with Crippen molar-refractivity contribution in [1.29, 1.82) is 0 Å². The summed E-state index contributed by atoms with van der Waals surface area (Å²) in [6.45, 7) is 0. The molecule has 0 aliphatic rings. The summed E-state index contributed by atoms with van der Waals surface area (Å²) in [6, 6.07) is 14.1. The van der Waals surface area contributed by atoms with Gasteiger partial charge in [0, 0.05) is 28.5 Å². The minimum Gasteiger partial charge on any atom is -0.330 e. The molecular weight excluding hydrogens is 366 g/mol. The summed E-state index contributed by atoms with van der Waals surface area (Å²) >= 11 is 8.73. The number of rotatable bonds is 3. The summed E-state index contributed by atoms with van der Waals surface area (Å²) < 4.78 is 3.33. The van der Waals surface area contributed by atoms with Gasteiger partial charge >= 0.3 is 0 Å². The van der Waals surface area contributed by atoms with E-state index in [-0.39, 0.29) is 5.69 Å². The van der Waals surface area contributed by atoms with Gasteiger partial charge in [-0.1, -0.05) is 28.1 Å². The predicted molar refractivity (Wildman–Crippen MR) is 90.7 cm³/mol. The van der Waals surface area contributed by atoms with Crippen LogP contribution >= 0.6 is 28.1 Å². The second-order valence-electron chi connectivity index (χ2n) is 4.62. The van der Waals surface area contributed by atoms with E-state index in [1.807, 2.05) is 30.5 Å². The van der Waals surface area contributed by atoms with E-state index < -0.39 is 4.92 Å². The number of non-ortho nitro benzene ring substituents is 1. The van der Waals surface area contributed by atoms with E-state index in [9.17, 15) is 10.1 Å². The molecule has 1 heterocycles. The summed E-state index contributed by atoms with van der Waals surface area (Å²) in [4.78, 5) is 13.4. The van der Waals surface area contributed by atoms with Crippen molar-refractivity contribution in [2.45, 2.75) is 0 Å². The van der Waals surface area contributed by atoms with E-state index in [1.54, 1.807) is 16.7 Å². The van der Waals surface area contributed by atoms with E-state index in [0.717, 1.165) is 21.4 Å². The molecule has 0 unspecified atom stereocenters. The van der Waals surface area contributed by atoms with E-state index >= 15 is 0 Å². The molecule has 1 aromatic heterocycles. The van der Waals surface area contributed by atoms with Gasteiger partial charge in [-0.3, -0.25) is 14.7 Å². The molecule has 0 amide bonds. The van der Waals surface area contributed by atoms with Crippen LogP contribution in [-0.2, 0) is 0 Å². The molecule has 3 rings (SSSR count). The van der Waals surface area contributed by atoms with Gasteiger partial charge < -0.3 is 4.98 Å². The van der Waals surface area contributed by atoms with Gasteiger partial charge in [-0.2, -0.15) is 0 Å². The van der Waals surface area contributed by atoms with Crippen molar-refractivity contribution in [2.24, 2.45) is 0 Å². The maximum atomic E-state index is 10.7. The Bertz CT molecular complexity index is 882. The van der Waals surface area contributed by atoms with Gasteiger partial charge in [0.1, 0.15) is 0 Å². The van der Waals surface area contributed by atoms with Crippen molar-refractivity contribution in [3.05, 3.63) is 74.1 Å². The first kappa shape index (κ1) is 14.7. The number of nitrogens with zero attached hydrogens (tertiary/aromatic N) is 2. The first-order valence-corrected chi connectivity index (χ1v) is 7.57. The highest BCUT2D eigenvalue weighted by Gasteiger charge is 2.08. The van der Waals surface area contributed by atoms with Crippen LogP contribution in [0.25, 0.3) is 16.9 Å². The number of H-pyrrole nitrogens is 1. The molecule has 0 bridgehead atoms. The number of halogens is 1. The van der Waals surface area contributed by atoms with Crippen LogP contribution in [0.3, 0.4) is 0 Å². The molecule has 2 aromatic carbocycles. The Kier molecular flexibility index (Phi) is 3.91. The van der Waals surface area contributed by atoms with Crippen LogP contribution in [0.4, 0.5) is 5.69 Å². The van der Waals surface area contributed by atoms with Crippen LogP contribution in [0.15, 0.2) is 59.2 Å². The van der Waals surface area contributed by atoms with Gasteiger partial charge in [0.15, 0.2) is 4.77 Å². The molecule has 0 aliphatic carbocycles. The van der Waals surface area contributed by atoms with Crippen molar-refractivity contribution < 1.29 is 4.92 Å². The molecule has 0 aliphatic heterocycles. The molecule has 3 aromatic rings. The standard InChI is InChI=1S/C15H10BrN3O2S/c16-11-3-1-10(2-4-11)14-9-18(15(22)17-14)12-5-7-13(8-6-12)19(20)21/h1-9H,(H,17,22). The fourth-order valence-electron chi connectivity index (χ4n) is 2.10. The highest BCUT2D eigenvalue weighted by Crippen LogP contribution is 2.23. The summed E-state index contributed by atoms with van der Waals surface area (Å²) in [6.07, 6.45) is 1.88. The van der Waals surface area contributed by atoms with Crippen LogP contribution in [-0.4, -0.2) is 14.5 Å². The van der Waals surface area contributed by atoms with E-state index in [4.69, 9.17) is 12.2 Å². The fourth-order valence-corrected chi connectivity index (χ4v) is 2.63. The lowest BCUT2D eigenvalue weighted by molar-refractivity contribution is -0.384. The molecule has 7 heteroatoms. The molecule has 0 saturated heterocycles. The second kappa shape index (κ2) is 5.86. The van der Waals surface area contributed by atoms with Crippen LogP contribution in [0, 0.1) is 14.9 Å². The van der Waals surface area contributed by atoms with Crippen molar-refractivity contribution in [3.8, 4) is 16.9 Å². The number of aromatic amines is 1. The van der Waals surface area contributed by atoms with Gasteiger partial charge in [-0.15, -0.1) is 0 Å². The molecule has 0 atom stereocenters. The number of imidazole rings is 1. The zero-order chi connectivity index (χ0) is 15.7. The fraction of sp³-hybridized carbons (Fsp3) is 0. The Labute approximate surface area is 139 Å². The lowest BCUT2D eigenvalue weighted by Crippen LogP contribution is -1.93. The van der Waals surface area contributed by atoms with Crippen LogP contribution in [0.5, 0.6) is 0 Å². The lowest BCUT2D eigenvalue weighted by atomic mass is 10.2. The number of nitro benzene ring substituents is 1. The third kappa shape index (κ3) is 2.86. The van der Waals surface area contributed by atoms with Crippen LogP contribution in [0.1, 0.15) is 0 Å². The average molecular weight is 376 g/mol. The minimum atomic E-state index is -0.423.